The second kappa shape index (κ2) is 12.5. The van der Waals surface area contributed by atoms with Gasteiger partial charge in [0.2, 0.25) is 0 Å². The van der Waals surface area contributed by atoms with E-state index in [2.05, 4.69) is 79.0 Å². The number of hydrogen-bond donors (Lipinski definition) is 2. The third kappa shape index (κ3) is 7.16. The Labute approximate surface area is 213 Å². The van der Waals surface area contributed by atoms with E-state index < -0.39 is 0 Å². The van der Waals surface area contributed by atoms with Crippen molar-refractivity contribution in [3.63, 3.8) is 0 Å². The summed E-state index contributed by atoms with van der Waals surface area (Å²) < 4.78 is 1.94. The highest BCUT2D eigenvalue weighted by molar-refractivity contribution is 14.0. The highest BCUT2D eigenvalue weighted by atomic mass is 127. The fourth-order valence-electron chi connectivity index (χ4n) is 3.78. The van der Waals surface area contributed by atoms with Crippen LogP contribution in [0.1, 0.15) is 16.7 Å². The van der Waals surface area contributed by atoms with Crippen molar-refractivity contribution in [2.75, 3.05) is 45.2 Å². The second-order valence-corrected chi connectivity index (χ2v) is 8.07. The van der Waals surface area contributed by atoms with E-state index in [1.165, 1.54) is 11.1 Å². The normalized spacial score (nSPS) is 14.6. The molecule has 0 unspecified atom stereocenters. The molecule has 1 aliphatic rings. The lowest BCUT2D eigenvalue weighted by molar-refractivity contribution is 0.312. The Morgan fingerprint density at radius 1 is 0.970 bits per heavy atom. The minimum atomic E-state index is 0. The maximum atomic E-state index is 4.67. The van der Waals surface area contributed by atoms with E-state index in [0.29, 0.717) is 13.1 Å². The number of benzene rings is 1. The second-order valence-electron chi connectivity index (χ2n) is 8.07. The number of pyridine rings is 1. The molecule has 0 aliphatic carbocycles. The summed E-state index contributed by atoms with van der Waals surface area (Å²) >= 11 is 0. The Morgan fingerprint density at radius 3 is 2.39 bits per heavy atom. The van der Waals surface area contributed by atoms with Gasteiger partial charge in [0.05, 0.1) is 6.54 Å². The van der Waals surface area contributed by atoms with Crippen LogP contribution >= 0.6 is 24.0 Å². The monoisotopic (exact) mass is 560 g/mol. The van der Waals surface area contributed by atoms with Gasteiger partial charge in [0.25, 0.3) is 0 Å². The van der Waals surface area contributed by atoms with Gasteiger partial charge >= 0.3 is 0 Å². The highest BCUT2D eigenvalue weighted by Gasteiger charge is 2.15. The number of guanidine groups is 1. The molecule has 8 nitrogen and oxygen atoms in total. The Hall–Kier alpha value is -2.66. The van der Waals surface area contributed by atoms with Crippen LogP contribution in [0.15, 0.2) is 66.0 Å². The van der Waals surface area contributed by atoms with Gasteiger partial charge in [0.1, 0.15) is 5.82 Å². The molecule has 33 heavy (non-hydrogen) atoms. The third-order valence-electron chi connectivity index (χ3n) is 5.78. The summed E-state index contributed by atoms with van der Waals surface area (Å²) in [7, 11) is 3.96. The van der Waals surface area contributed by atoms with Gasteiger partial charge < -0.3 is 20.4 Å². The molecule has 3 heterocycles. The van der Waals surface area contributed by atoms with Gasteiger partial charge in [0, 0.05) is 64.9 Å². The van der Waals surface area contributed by atoms with Gasteiger partial charge in [-0.3, -0.25) is 9.67 Å². The number of halogens is 1. The van der Waals surface area contributed by atoms with Crippen LogP contribution in [0.2, 0.25) is 0 Å². The van der Waals surface area contributed by atoms with E-state index in [4.69, 9.17) is 0 Å². The van der Waals surface area contributed by atoms with E-state index >= 15 is 0 Å². The number of rotatable bonds is 7. The largest absolute Gasteiger partial charge is 0.354 e. The Bertz CT molecular complexity index is 996. The van der Waals surface area contributed by atoms with E-state index in [9.17, 15) is 0 Å². The molecule has 4 rings (SSSR count). The lowest BCUT2D eigenvalue weighted by atomic mass is 10.1. The van der Waals surface area contributed by atoms with E-state index in [-0.39, 0.29) is 24.0 Å². The lowest BCUT2D eigenvalue weighted by Gasteiger charge is -2.33. The molecule has 1 aliphatic heterocycles. The average molecular weight is 560 g/mol. The first-order chi connectivity index (χ1) is 15.7. The van der Waals surface area contributed by atoms with Crippen molar-refractivity contribution in [2.24, 2.45) is 4.99 Å². The molecule has 9 heteroatoms. The summed E-state index contributed by atoms with van der Waals surface area (Å²) in [4.78, 5) is 13.7. The first kappa shape index (κ1) is 25.0. The van der Waals surface area contributed by atoms with Crippen molar-refractivity contribution in [3.05, 3.63) is 77.7 Å². The van der Waals surface area contributed by atoms with E-state index in [0.717, 1.165) is 50.1 Å². The van der Waals surface area contributed by atoms with Crippen LogP contribution in [-0.4, -0.2) is 65.9 Å². The number of aromatic nitrogens is 3. The fourth-order valence-corrected chi connectivity index (χ4v) is 3.78. The zero-order chi connectivity index (χ0) is 22.2. The van der Waals surface area contributed by atoms with Crippen LogP contribution in [0.25, 0.3) is 0 Å². The average Bonchev–Trinajstić information content (AvgIpc) is 3.34. The summed E-state index contributed by atoms with van der Waals surface area (Å²) in [5.41, 5.74) is 3.59. The van der Waals surface area contributed by atoms with Gasteiger partial charge in [-0.25, -0.2) is 4.98 Å². The van der Waals surface area contributed by atoms with Crippen LogP contribution in [0, 0.1) is 0 Å². The smallest absolute Gasteiger partial charge is 0.191 e. The van der Waals surface area contributed by atoms with Gasteiger partial charge in [0.15, 0.2) is 5.96 Å². The molecular weight excluding hydrogens is 527 g/mol. The van der Waals surface area contributed by atoms with Crippen molar-refractivity contribution in [1.82, 2.24) is 30.3 Å². The van der Waals surface area contributed by atoms with Gasteiger partial charge in [-0.05, 0) is 35.9 Å². The lowest BCUT2D eigenvalue weighted by Crippen LogP contribution is -2.44. The zero-order valence-electron chi connectivity index (χ0n) is 19.3. The molecule has 2 N–H and O–H groups in total. The maximum Gasteiger partial charge on any atom is 0.191 e. The third-order valence-corrected chi connectivity index (χ3v) is 5.78. The molecule has 0 radical (unpaired) electrons. The van der Waals surface area contributed by atoms with Crippen molar-refractivity contribution < 1.29 is 0 Å². The number of anilines is 1. The molecule has 1 saturated heterocycles. The van der Waals surface area contributed by atoms with Crippen molar-refractivity contribution in [3.8, 4) is 0 Å². The van der Waals surface area contributed by atoms with Crippen LogP contribution in [0.4, 0.5) is 5.82 Å². The molecule has 0 atom stereocenters. The number of nitrogens with one attached hydrogen (secondary N) is 2. The van der Waals surface area contributed by atoms with Crippen molar-refractivity contribution >= 4 is 35.8 Å². The molecule has 0 saturated carbocycles. The molecule has 2 aromatic heterocycles. The predicted molar refractivity (Wildman–Crippen MR) is 144 cm³/mol. The molecule has 1 aromatic carbocycles. The van der Waals surface area contributed by atoms with Crippen molar-refractivity contribution in [2.45, 2.75) is 19.6 Å². The summed E-state index contributed by atoms with van der Waals surface area (Å²) in [6, 6.07) is 14.6. The number of likely N-dealkylation sites (N-methyl/N-ethyl adjacent to an activating group) is 1. The topological polar surface area (TPSA) is 73.6 Å². The first-order valence-electron chi connectivity index (χ1n) is 11.1. The van der Waals surface area contributed by atoms with Gasteiger partial charge in [-0.15, -0.1) is 24.0 Å². The predicted octanol–water partition coefficient (Wildman–Crippen LogP) is 2.56. The summed E-state index contributed by atoms with van der Waals surface area (Å²) in [5.74, 6) is 1.82. The van der Waals surface area contributed by atoms with Gasteiger partial charge in [-0.2, -0.15) is 5.10 Å². The molecule has 176 valence electrons. The number of nitrogens with zero attached hydrogens (tertiary/aromatic N) is 6. The molecule has 0 bridgehead atoms. The van der Waals surface area contributed by atoms with Crippen LogP contribution in [-0.2, 0) is 19.6 Å². The van der Waals surface area contributed by atoms with Crippen LogP contribution < -0.4 is 15.5 Å². The van der Waals surface area contributed by atoms with Crippen LogP contribution in [0.5, 0.6) is 0 Å². The fraction of sp³-hybridized carbons (Fsp3) is 0.375. The van der Waals surface area contributed by atoms with Gasteiger partial charge in [-0.1, -0.05) is 30.3 Å². The Kier molecular flexibility index (Phi) is 9.49. The molecule has 1 fully saturated rings. The summed E-state index contributed by atoms with van der Waals surface area (Å²) in [6.07, 6.45) is 5.74. The number of aliphatic imine (C=N–C) groups is 1. The molecule has 0 spiro atoms. The van der Waals surface area contributed by atoms with E-state index in [1.54, 1.807) is 13.2 Å². The minimum Gasteiger partial charge on any atom is -0.354 e. The minimum absolute atomic E-state index is 0. The van der Waals surface area contributed by atoms with E-state index in [1.807, 2.05) is 23.1 Å². The Morgan fingerprint density at radius 2 is 1.73 bits per heavy atom. The zero-order valence-corrected chi connectivity index (χ0v) is 21.6. The maximum absolute atomic E-state index is 4.67. The first-order valence-corrected chi connectivity index (χ1v) is 11.1. The van der Waals surface area contributed by atoms with Crippen molar-refractivity contribution in [1.29, 1.82) is 0 Å². The standard InChI is InChI=1S/C24H32N8.HI/c1-25-24(28-18-21-6-3-4-7-22(21)19-32-11-5-10-29-32)27-17-20-8-9-23(26-16-20)31-14-12-30(2)13-15-31;/h3-11,16H,12-15,17-19H2,1-2H3,(H2,25,27,28);1H. The number of hydrogen-bond acceptors (Lipinski definition) is 5. The van der Waals surface area contributed by atoms with Crippen LogP contribution in [0.3, 0.4) is 0 Å². The summed E-state index contributed by atoms with van der Waals surface area (Å²) in [6.45, 7) is 6.33. The number of piperazine rings is 1. The highest BCUT2D eigenvalue weighted by Crippen LogP contribution is 2.14. The quantitative estimate of drug-likeness (QED) is 0.263. The molecule has 3 aromatic rings. The molecular formula is C24H33IN8. The summed E-state index contributed by atoms with van der Waals surface area (Å²) in [5, 5.41) is 11.1. The Balaban J connectivity index is 0.00000306. The SMILES string of the molecule is CN=C(NCc1ccc(N2CCN(C)CC2)nc1)NCc1ccccc1Cn1cccn1.I. The molecule has 0 amide bonds.